The minimum absolute atomic E-state index is 0.00201. The number of nitrogens with one attached hydrogen (secondary N) is 1. The van der Waals surface area contributed by atoms with E-state index in [2.05, 4.69) is 44.3 Å². The Bertz CT molecular complexity index is 691. The third-order valence-electron chi connectivity index (χ3n) is 4.23. The highest BCUT2D eigenvalue weighted by molar-refractivity contribution is 5.81. The Morgan fingerprint density at radius 1 is 1.04 bits per heavy atom. The van der Waals surface area contributed by atoms with E-state index in [4.69, 9.17) is 4.74 Å². The van der Waals surface area contributed by atoms with Crippen LogP contribution in [0.2, 0.25) is 0 Å². The number of carbonyl (C=O) groups excluding carboxylic acids is 1. The molecule has 0 saturated carbocycles. The molecule has 128 valence electrons. The van der Waals surface area contributed by atoms with E-state index in [0.717, 1.165) is 6.42 Å². The van der Waals surface area contributed by atoms with Crippen LogP contribution in [0.1, 0.15) is 48.6 Å². The van der Waals surface area contributed by atoms with Gasteiger partial charge in [-0.3, -0.25) is 4.79 Å². The molecule has 0 radical (unpaired) electrons. The summed E-state index contributed by atoms with van der Waals surface area (Å²) < 4.78 is 5.75. The van der Waals surface area contributed by atoms with Gasteiger partial charge < -0.3 is 10.1 Å². The molecule has 2 aromatic carbocycles. The molecule has 2 aromatic rings. The van der Waals surface area contributed by atoms with Crippen molar-refractivity contribution in [1.29, 1.82) is 0 Å². The summed E-state index contributed by atoms with van der Waals surface area (Å²) in [6.45, 7) is 10.0. The van der Waals surface area contributed by atoms with Gasteiger partial charge in [-0.2, -0.15) is 0 Å². The number of amides is 1. The number of hydrogen-bond donors (Lipinski definition) is 1. The molecule has 2 rings (SSSR count). The summed E-state index contributed by atoms with van der Waals surface area (Å²) in [5, 5.41) is 3.11. The topological polar surface area (TPSA) is 38.3 Å². The van der Waals surface area contributed by atoms with Crippen LogP contribution < -0.4 is 10.1 Å². The first-order chi connectivity index (χ1) is 11.4. The first-order valence-corrected chi connectivity index (χ1v) is 8.51. The highest BCUT2D eigenvalue weighted by atomic mass is 16.5. The van der Waals surface area contributed by atoms with E-state index >= 15 is 0 Å². The molecule has 0 aliphatic heterocycles. The van der Waals surface area contributed by atoms with Crippen LogP contribution in [0.5, 0.6) is 5.75 Å². The number of aryl methyl sites for hydroxylation is 3. The quantitative estimate of drug-likeness (QED) is 0.840. The van der Waals surface area contributed by atoms with E-state index in [1.165, 1.54) is 22.3 Å². The maximum atomic E-state index is 12.5. The minimum Gasteiger partial charge on any atom is -0.481 e. The van der Waals surface area contributed by atoms with Crippen LogP contribution in [-0.2, 0) is 4.79 Å². The van der Waals surface area contributed by atoms with Gasteiger partial charge in [0.1, 0.15) is 5.75 Å². The molecule has 0 heterocycles. The molecule has 0 bridgehead atoms. The summed E-state index contributed by atoms with van der Waals surface area (Å²) in [4.78, 5) is 12.5. The zero-order valence-corrected chi connectivity index (χ0v) is 15.2. The lowest BCUT2D eigenvalue weighted by atomic mass is 9.97. The Morgan fingerprint density at radius 2 is 1.67 bits per heavy atom. The molecule has 2 atom stereocenters. The molecule has 2 unspecified atom stereocenters. The molecule has 1 amide bonds. The Labute approximate surface area is 145 Å². The van der Waals surface area contributed by atoms with E-state index in [-0.39, 0.29) is 11.9 Å². The number of benzene rings is 2. The van der Waals surface area contributed by atoms with Crippen molar-refractivity contribution in [3.8, 4) is 5.75 Å². The summed E-state index contributed by atoms with van der Waals surface area (Å²) in [6.07, 6.45) is 0.305. The molecule has 0 aliphatic carbocycles. The van der Waals surface area contributed by atoms with Crippen molar-refractivity contribution >= 4 is 5.91 Å². The highest BCUT2D eigenvalue weighted by Crippen LogP contribution is 2.22. The predicted molar refractivity (Wildman–Crippen MR) is 98.4 cm³/mol. The Morgan fingerprint density at radius 3 is 2.25 bits per heavy atom. The summed E-state index contributed by atoms with van der Waals surface area (Å²) in [5.74, 6) is 0.616. The van der Waals surface area contributed by atoms with Crippen molar-refractivity contribution in [2.24, 2.45) is 0 Å². The Hall–Kier alpha value is -2.29. The lowest BCUT2D eigenvalue weighted by Gasteiger charge is -2.22. The van der Waals surface area contributed by atoms with E-state index in [9.17, 15) is 4.79 Å². The maximum absolute atomic E-state index is 12.5. The second-order valence-electron chi connectivity index (χ2n) is 6.40. The van der Waals surface area contributed by atoms with Crippen molar-refractivity contribution in [3.05, 3.63) is 64.7 Å². The van der Waals surface area contributed by atoms with Crippen LogP contribution in [0.15, 0.2) is 42.5 Å². The van der Waals surface area contributed by atoms with Gasteiger partial charge in [0.2, 0.25) is 0 Å². The second kappa shape index (κ2) is 8.00. The van der Waals surface area contributed by atoms with Gasteiger partial charge >= 0.3 is 0 Å². The van der Waals surface area contributed by atoms with Crippen molar-refractivity contribution < 1.29 is 9.53 Å². The van der Waals surface area contributed by atoms with Crippen molar-refractivity contribution in [3.63, 3.8) is 0 Å². The largest absolute Gasteiger partial charge is 0.481 e. The van der Waals surface area contributed by atoms with Gasteiger partial charge in [-0.25, -0.2) is 0 Å². The van der Waals surface area contributed by atoms with Gasteiger partial charge in [0.05, 0.1) is 6.04 Å². The molecular weight excluding hydrogens is 298 g/mol. The molecule has 0 aromatic heterocycles. The van der Waals surface area contributed by atoms with Crippen LogP contribution in [-0.4, -0.2) is 12.0 Å². The van der Waals surface area contributed by atoms with Gasteiger partial charge in [-0.05, 0) is 57.4 Å². The fourth-order valence-electron chi connectivity index (χ4n) is 2.78. The average Bonchev–Trinajstić information content (AvgIpc) is 2.55. The minimum atomic E-state index is -0.535. The SMILES string of the molecule is CCC(NC(=O)C(C)Oc1ccc(C)cc1)c1ccc(C)cc1C. The van der Waals surface area contributed by atoms with Crippen LogP contribution in [0.25, 0.3) is 0 Å². The highest BCUT2D eigenvalue weighted by Gasteiger charge is 2.20. The monoisotopic (exact) mass is 325 g/mol. The van der Waals surface area contributed by atoms with Crippen molar-refractivity contribution in [1.82, 2.24) is 5.32 Å². The van der Waals surface area contributed by atoms with Gasteiger partial charge in [0.15, 0.2) is 6.10 Å². The van der Waals surface area contributed by atoms with E-state index in [0.29, 0.717) is 5.75 Å². The van der Waals surface area contributed by atoms with Gasteiger partial charge in [-0.1, -0.05) is 48.4 Å². The van der Waals surface area contributed by atoms with Gasteiger partial charge in [0.25, 0.3) is 5.91 Å². The predicted octanol–water partition coefficient (Wildman–Crippen LogP) is 4.65. The van der Waals surface area contributed by atoms with Crippen LogP contribution in [0, 0.1) is 20.8 Å². The Balaban J connectivity index is 2.04. The molecule has 0 fully saturated rings. The third-order valence-corrected chi connectivity index (χ3v) is 4.23. The Kier molecular flexibility index (Phi) is 6.02. The number of hydrogen-bond acceptors (Lipinski definition) is 2. The molecule has 24 heavy (non-hydrogen) atoms. The maximum Gasteiger partial charge on any atom is 0.261 e. The molecule has 0 spiro atoms. The van der Waals surface area contributed by atoms with Crippen molar-refractivity contribution in [2.75, 3.05) is 0 Å². The molecule has 0 saturated heterocycles. The van der Waals surface area contributed by atoms with Crippen LogP contribution in [0.3, 0.4) is 0 Å². The van der Waals surface area contributed by atoms with Gasteiger partial charge in [0, 0.05) is 0 Å². The van der Waals surface area contributed by atoms with Crippen LogP contribution in [0.4, 0.5) is 0 Å². The van der Waals surface area contributed by atoms with E-state index in [1.807, 2.05) is 31.2 Å². The fraction of sp³-hybridized carbons (Fsp3) is 0.381. The zero-order valence-electron chi connectivity index (χ0n) is 15.2. The molecule has 0 aliphatic rings. The second-order valence-corrected chi connectivity index (χ2v) is 6.40. The molecule has 3 nitrogen and oxygen atoms in total. The number of rotatable bonds is 6. The molecule has 3 heteroatoms. The lowest BCUT2D eigenvalue weighted by Crippen LogP contribution is -2.38. The normalized spacial score (nSPS) is 13.2. The summed E-state index contributed by atoms with van der Waals surface area (Å²) in [7, 11) is 0. The molecular formula is C21H27NO2. The summed E-state index contributed by atoms with van der Waals surface area (Å²) >= 11 is 0. The number of carbonyl (C=O) groups is 1. The van der Waals surface area contributed by atoms with Gasteiger partial charge in [-0.15, -0.1) is 0 Å². The van der Waals surface area contributed by atoms with Crippen molar-refractivity contribution in [2.45, 2.75) is 53.2 Å². The average molecular weight is 325 g/mol. The van der Waals surface area contributed by atoms with E-state index in [1.54, 1.807) is 6.92 Å². The zero-order chi connectivity index (χ0) is 17.7. The molecule has 1 N–H and O–H groups in total. The van der Waals surface area contributed by atoms with E-state index < -0.39 is 6.10 Å². The van der Waals surface area contributed by atoms with Crippen LogP contribution >= 0.6 is 0 Å². The third kappa shape index (κ3) is 4.60. The summed E-state index contributed by atoms with van der Waals surface area (Å²) in [5.41, 5.74) is 4.77. The number of ether oxygens (including phenoxy) is 1. The first kappa shape index (κ1) is 18.1. The summed E-state index contributed by atoms with van der Waals surface area (Å²) in [6, 6.07) is 14.1. The fourth-order valence-corrected chi connectivity index (χ4v) is 2.78. The first-order valence-electron chi connectivity index (χ1n) is 8.51. The smallest absolute Gasteiger partial charge is 0.261 e. The lowest BCUT2D eigenvalue weighted by molar-refractivity contribution is -0.128. The standard InChI is InChI=1S/C21H27NO2/c1-6-20(19-12-9-15(3)13-16(19)4)22-21(23)17(5)24-18-10-7-14(2)8-11-18/h7-13,17,20H,6H2,1-5H3,(H,22,23).